The van der Waals surface area contributed by atoms with Crippen LogP contribution in [0.5, 0.6) is 0 Å². The molecule has 11 heteroatoms. The number of ether oxygens (including phenoxy) is 1. The number of halogens is 2. The molecule has 2 aromatic rings. The first-order chi connectivity index (χ1) is 9.86. The molecule has 5 N–H and O–H groups in total. The molecule has 9 nitrogen and oxygen atoms in total. The maximum absolute atomic E-state index is 14.1. The average Bonchev–Trinajstić information content (AvgIpc) is 2.91. The van der Waals surface area contributed by atoms with E-state index >= 15 is 0 Å². The molecule has 0 aliphatic carbocycles. The highest BCUT2D eigenvalue weighted by Crippen LogP contribution is 2.43. The van der Waals surface area contributed by atoms with Crippen LogP contribution in [0, 0.1) is 0 Å². The number of anilines is 1. The van der Waals surface area contributed by atoms with Gasteiger partial charge in [0.2, 0.25) is 12.2 Å². The predicted molar refractivity (Wildman–Crippen MR) is 64.5 cm³/mol. The highest BCUT2D eigenvalue weighted by molar-refractivity contribution is 5.70. The number of nitrogen functional groups attached to an aromatic ring is 1. The highest BCUT2D eigenvalue weighted by Gasteiger charge is 2.59. The van der Waals surface area contributed by atoms with Crippen LogP contribution in [-0.2, 0) is 4.74 Å². The fourth-order valence-corrected chi connectivity index (χ4v) is 2.23. The predicted octanol–water partition coefficient (Wildman–Crippen LogP) is -1.41. The fourth-order valence-electron chi connectivity index (χ4n) is 2.23. The zero-order valence-corrected chi connectivity index (χ0v) is 10.4. The van der Waals surface area contributed by atoms with E-state index in [-0.39, 0.29) is 17.1 Å². The Hall–Kier alpha value is -2.11. The number of rotatable bonds is 2. The quantitative estimate of drug-likeness (QED) is 0.534. The lowest BCUT2D eigenvalue weighted by Crippen LogP contribution is -2.39. The molecule has 3 rings (SSSR count). The van der Waals surface area contributed by atoms with Crippen molar-refractivity contribution in [3.8, 4) is 0 Å². The molecule has 21 heavy (non-hydrogen) atoms. The molecule has 1 unspecified atom stereocenters. The van der Waals surface area contributed by atoms with Gasteiger partial charge >= 0.3 is 5.92 Å². The number of alkyl halides is 2. The molecular formula is C10H11F2N5O4. The Balaban J connectivity index is 2.15. The van der Waals surface area contributed by atoms with Crippen molar-refractivity contribution in [2.45, 2.75) is 24.4 Å². The Morgan fingerprint density at radius 2 is 2.29 bits per heavy atom. The molecule has 1 aliphatic rings. The number of imidazole rings is 1. The minimum atomic E-state index is -3.69. The number of hydrogen-bond acceptors (Lipinski definition) is 7. The number of nitrogens with zero attached hydrogens (tertiary/aromatic N) is 3. The number of aliphatic hydroxyl groups is 2. The van der Waals surface area contributed by atoms with E-state index < -0.39 is 36.5 Å². The topological polar surface area (TPSA) is 139 Å². The Bertz CT molecular complexity index is 745. The number of nitrogens with one attached hydrogen (secondary N) is 1. The monoisotopic (exact) mass is 303 g/mol. The summed E-state index contributed by atoms with van der Waals surface area (Å²) in [5.74, 6) is -3.96. The van der Waals surface area contributed by atoms with Gasteiger partial charge in [0.1, 0.15) is 6.10 Å². The van der Waals surface area contributed by atoms with Gasteiger partial charge in [-0.15, -0.1) is 0 Å². The summed E-state index contributed by atoms with van der Waals surface area (Å²) in [4.78, 5) is 21.2. The van der Waals surface area contributed by atoms with Crippen LogP contribution in [0.15, 0.2) is 11.1 Å². The van der Waals surface area contributed by atoms with Crippen LogP contribution in [-0.4, -0.2) is 54.5 Å². The van der Waals surface area contributed by atoms with Gasteiger partial charge in [0.25, 0.3) is 5.56 Å². The largest absolute Gasteiger partial charge is 0.394 e. The van der Waals surface area contributed by atoms with Crippen molar-refractivity contribution in [1.29, 1.82) is 0 Å². The molecule has 3 heterocycles. The van der Waals surface area contributed by atoms with E-state index in [9.17, 15) is 18.7 Å². The highest BCUT2D eigenvalue weighted by atomic mass is 19.3. The van der Waals surface area contributed by atoms with Gasteiger partial charge in [-0.1, -0.05) is 0 Å². The summed E-state index contributed by atoms with van der Waals surface area (Å²) in [7, 11) is 0. The lowest BCUT2D eigenvalue weighted by molar-refractivity contribution is -0.138. The normalized spacial score (nSPS) is 28.3. The van der Waals surface area contributed by atoms with E-state index in [0.29, 0.717) is 0 Å². The minimum Gasteiger partial charge on any atom is -0.394 e. The van der Waals surface area contributed by atoms with Gasteiger partial charge in [-0.05, 0) is 0 Å². The molecule has 0 radical (unpaired) electrons. The molecule has 114 valence electrons. The summed E-state index contributed by atoms with van der Waals surface area (Å²) in [6, 6.07) is 0. The van der Waals surface area contributed by atoms with E-state index in [1.54, 1.807) is 0 Å². The molecule has 1 fully saturated rings. The van der Waals surface area contributed by atoms with Crippen molar-refractivity contribution in [3.63, 3.8) is 0 Å². The van der Waals surface area contributed by atoms with Crippen LogP contribution in [0.3, 0.4) is 0 Å². The maximum Gasteiger partial charge on any atom is 0.320 e. The molecule has 2 aromatic heterocycles. The van der Waals surface area contributed by atoms with Crippen molar-refractivity contribution in [3.05, 3.63) is 16.7 Å². The van der Waals surface area contributed by atoms with Crippen molar-refractivity contribution in [2.75, 3.05) is 12.3 Å². The van der Waals surface area contributed by atoms with Gasteiger partial charge < -0.3 is 20.7 Å². The summed E-state index contributed by atoms with van der Waals surface area (Å²) >= 11 is 0. The fraction of sp³-hybridized carbons (Fsp3) is 0.500. The number of aromatic nitrogens is 4. The summed E-state index contributed by atoms with van der Waals surface area (Å²) < 4.78 is 33.9. The van der Waals surface area contributed by atoms with Crippen molar-refractivity contribution in [2.24, 2.45) is 0 Å². The van der Waals surface area contributed by atoms with E-state index in [4.69, 9.17) is 15.6 Å². The molecule has 1 saturated heterocycles. The van der Waals surface area contributed by atoms with Gasteiger partial charge in [-0.2, -0.15) is 13.8 Å². The molecule has 0 spiro atoms. The second kappa shape index (κ2) is 4.44. The van der Waals surface area contributed by atoms with Gasteiger partial charge in [0.15, 0.2) is 17.3 Å². The van der Waals surface area contributed by atoms with Gasteiger partial charge in [-0.3, -0.25) is 14.3 Å². The molecule has 0 saturated carbocycles. The molecule has 3 atom stereocenters. The van der Waals surface area contributed by atoms with E-state index in [1.165, 1.54) is 0 Å². The molecular weight excluding hydrogens is 292 g/mol. The van der Waals surface area contributed by atoms with Crippen LogP contribution in [0.4, 0.5) is 14.7 Å². The van der Waals surface area contributed by atoms with E-state index in [2.05, 4.69) is 15.0 Å². The number of fused-ring (bicyclic) bond motifs is 1. The summed E-state index contributed by atoms with van der Waals surface area (Å²) in [5.41, 5.74) is 4.30. The van der Waals surface area contributed by atoms with Crippen molar-refractivity contribution in [1.82, 2.24) is 19.5 Å². The Morgan fingerprint density at radius 3 is 2.90 bits per heavy atom. The second-order valence-electron chi connectivity index (χ2n) is 4.60. The third kappa shape index (κ3) is 1.89. The summed E-state index contributed by atoms with van der Waals surface area (Å²) in [5, 5.41) is 18.4. The SMILES string of the molecule is Nc1nc2c(ncn2[C@@H]2O[C@H](CO)C(O)C2(F)F)c(=O)[nH]1. The van der Waals surface area contributed by atoms with Gasteiger partial charge in [0, 0.05) is 0 Å². The lowest BCUT2D eigenvalue weighted by atomic mass is 10.1. The molecule has 0 aromatic carbocycles. The van der Waals surface area contributed by atoms with Crippen molar-refractivity contribution >= 4 is 17.1 Å². The lowest BCUT2D eigenvalue weighted by Gasteiger charge is -2.20. The summed E-state index contributed by atoms with van der Waals surface area (Å²) in [6.45, 7) is -0.782. The number of H-pyrrole nitrogens is 1. The van der Waals surface area contributed by atoms with Crippen molar-refractivity contribution < 1.29 is 23.7 Å². The first kappa shape index (κ1) is 13.9. The van der Waals surface area contributed by atoms with E-state index in [1.807, 2.05) is 0 Å². The van der Waals surface area contributed by atoms with Gasteiger partial charge in [0.05, 0.1) is 12.9 Å². The first-order valence-electron chi connectivity index (χ1n) is 5.90. The van der Waals surface area contributed by atoms with Crippen LogP contribution < -0.4 is 11.3 Å². The second-order valence-corrected chi connectivity index (χ2v) is 4.60. The zero-order valence-electron chi connectivity index (χ0n) is 10.4. The number of nitrogens with two attached hydrogens (primary N) is 1. The standard InChI is InChI=1S/C10H11F2N5O4/c11-10(12)5(19)3(1-18)21-8(10)17-2-14-4-6(17)15-9(13)16-7(4)20/h2-3,5,8,18-19H,1H2,(H3,13,15,16,20)/t3-,5?,8-/m1/s1. The third-order valence-electron chi connectivity index (χ3n) is 3.26. The van der Waals surface area contributed by atoms with Crippen LogP contribution >= 0.6 is 0 Å². The maximum atomic E-state index is 14.1. The van der Waals surface area contributed by atoms with Crippen LogP contribution in [0.1, 0.15) is 6.23 Å². The number of aromatic amines is 1. The minimum absolute atomic E-state index is 0.189. The average molecular weight is 303 g/mol. The smallest absolute Gasteiger partial charge is 0.320 e. The summed E-state index contributed by atoms with van der Waals surface area (Å²) in [6.07, 6.45) is -4.66. The van der Waals surface area contributed by atoms with Crippen LogP contribution in [0.2, 0.25) is 0 Å². The Kier molecular flexibility index (Phi) is 2.93. The molecule has 0 amide bonds. The zero-order chi connectivity index (χ0) is 15.4. The molecule has 1 aliphatic heterocycles. The molecule has 0 bridgehead atoms. The Morgan fingerprint density at radius 1 is 1.57 bits per heavy atom. The van der Waals surface area contributed by atoms with Gasteiger partial charge in [-0.25, -0.2) is 4.98 Å². The third-order valence-corrected chi connectivity index (χ3v) is 3.26. The van der Waals surface area contributed by atoms with Crippen LogP contribution in [0.25, 0.3) is 11.2 Å². The number of aliphatic hydroxyl groups excluding tert-OH is 2. The first-order valence-corrected chi connectivity index (χ1v) is 5.90. The number of hydrogen-bond donors (Lipinski definition) is 4. The van der Waals surface area contributed by atoms with E-state index in [0.717, 1.165) is 10.9 Å². The Labute approximate surface area is 115 Å².